The molecule has 6 nitrogen and oxygen atoms in total. The summed E-state index contributed by atoms with van der Waals surface area (Å²) in [7, 11) is 0. The number of hydrogen-bond donors (Lipinski definition) is 0. The number of hydrogen-bond acceptors (Lipinski definition) is 4. The zero-order valence-corrected chi connectivity index (χ0v) is 9.83. The van der Waals surface area contributed by atoms with Gasteiger partial charge in [0.25, 0.3) is 0 Å². The second-order valence-corrected chi connectivity index (χ2v) is 4.98. The molecule has 0 saturated heterocycles. The lowest BCUT2D eigenvalue weighted by Crippen LogP contribution is -2.53. The third-order valence-electron chi connectivity index (χ3n) is 3.91. The SMILES string of the molecule is O=C(Cn1cnnn1)N(C1CCC1)C1CCC1. The summed E-state index contributed by atoms with van der Waals surface area (Å²) in [6, 6.07) is 0.952. The topological polar surface area (TPSA) is 63.9 Å². The molecule has 92 valence electrons. The fourth-order valence-corrected chi connectivity index (χ4v) is 2.51. The average molecular weight is 235 g/mol. The molecule has 2 fully saturated rings. The van der Waals surface area contributed by atoms with Crippen LogP contribution in [0.2, 0.25) is 0 Å². The highest BCUT2D eigenvalue weighted by molar-refractivity contribution is 5.76. The second-order valence-electron chi connectivity index (χ2n) is 4.98. The Morgan fingerprint density at radius 1 is 1.24 bits per heavy atom. The molecule has 0 N–H and O–H groups in total. The van der Waals surface area contributed by atoms with E-state index >= 15 is 0 Å². The molecule has 0 aromatic carbocycles. The largest absolute Gasteiger partial charge is 0.335 e. The molecule has 6 heteroatoms. The van der Waals surface area contributed by atoms with Crippen molar-refractivity contribution in [3.8, 4) is 0 Å². The molecule has 0 aliphatic heterocycles. The molecule has 0 unspecified atom stereocenters. The van der Waals surface area contributed by atoms with Crippen LogP contribution >= 0.6 is 0 Å². The fraction of sp³-hybridized carbons (Fsp3) is 0.818. The van der Waals surface area contributed by atoms with Crippen molar-refractivity contribution in [1.29, 1.82) is 0 Å². The zero-order chi connectivity index (χ0) is 11.7. The first kappa shape index (κ1) is 10.7. The minimum atomic E-state index is 0.173. The van der Waals surface area contributed by atoms with Crippen molar-refractivity contribution >= 4 is 5.91 Å². The van der Waals surface area contributed by atoms with E-state index in [-0.39, 0.29) is 12.5 Å². The monoisotopic (exact) mass is 235 g/mol. The van der Waals surface area contributed by atoms with Crippen molar-refractivity contribution in [3.63, 3.8) is 0 Å². The van der Waals surface area contributed by atoms with Crippen LogP contribution < -0.4 is 0 Å². The van der Waals surface area contributed by atoms with Gasteiger partial charge in [-0.3, -0.25) is 4.79 Å². The Bertz CT molecular complexity index is 369. The molecule has 3 rings (SSSR count). The van der Waals surface area contributed by atoms with E-state index < -0.39 is 0 Å². The molecular formula is C11H17N5O. The van der Waals surface area contributed by atoms with E-state index in [4.69, 9.17) is 0 Å². The number of carbonyl (C=O) groups is 1. The highest BCUT2D eigenvalue weighted by Crippen LogP contribution is 2.33. The van der Waals surface area contributed by atoms with Crippen LogP contribution in [0, 0.1) is 0 Å². The summed E-state index contributed by atoms with van der Waals surface area (Å²) in [4.78, 5) is 14.4. The van der Waals surface area contributed by atoms with Gasteiger partial charge in [0.1, 0.15) is 12.9 Å². The fourth-order valence-electron chi connectivity index (χ4n) is 2.51. The van der Waals surface area contributed by atoms with Crippen molar-refractivity contribution in [2.45, 2.75) is 57.2 Å². The summed E-state index contributed by atoms with van der Waals surface area (Å²) in [5.41, 5.74) is 0. The van der Waals surface area contributed by atoms with E-state index in [1.807, 2.05) is 0 Å². The molecule has 2 saturated carbocycles. The van der Waals surface area contributed by atoms with Gasteiger partial charge in [0, 0.05) is 12.1 Å². The normalized spacial score (nSPS) is 20.7. The summed E-state index contributed by atoms with van der Waals surface area (Å²) < 4.78 is 1.51. The highest BCUT2D eigenvalue weighted by Gasteiger charge is 2.36. The molecule has 2 aliphatic carbocycles. The molecule has 17 heavy (non-hydrogen) atoms. The summed E-state index contributed by atoms with van der Waals surface area (Å²) in [5.74, 6) is 0.173. The average Bonchev–Trinajstić information content (AvgIpc) is 2.63. The number of amides is 1. The third-order valence-corrected chi connectivity index (χ3v) is 3.91. The first-order chi connectivity index (χ1) is 8.34. The van der Waals surface area contributed by atoms with E-state index in [9.17, 15) is 4.79 Å². The van der Waals surface area contributed by atoms with Gasteiger partial charge in [-0.15, -0.1) is 5.10 Å². The third kappa shape index (κ3) is 2.03. The number of tetrazole rings is 1. The van der Waals surface area contributed by atoms with Crippen molar-refractivity contribution in [1.82, 2.24) is 25.1 Å². The Balaban J connectivity index is 1.67. The van der Waals surface area contributed by atoms with Crippen LogP contribution in [0.1, 0.15) is 38.5 Å². The van der Waals surface area contributed by atoms with E-state index in [1.54, 1.807) is 0 Å². The Hall–Kier alpha value is -1.46. The van der Waals surface area contributed by atoms with Gasteiger partial charge >= 0.3 is 0 Å². The maximum atomic E-state index is 12.3. The Labute approximate surface area is 100.0 Å². The Morgan fingerprint density at radius 2 is 1.88 bits per heavy atom. The Kier molecular flexibility index (Phi) is 2.78. The molecule has 0 radical (unpaired) electrons. The molecule has 1 aromatic heterocycles. The smallest absolute Gasteiger partial charge is 0.244 e. The summed E-state index contributed by atoms with van der Waals surface area (Å²) >= 11 is 0. The van der Waals surface area contributed by atoms with Crippen molar-refractivity contribution in [2.24, 2.45) is 0 Å². The quantitative estimate of drug-likeness (QED) is 0.767. The molecule has 1 amide bonds. The highest BCUT2D eigenvalue weighted by atomic mass is 16.2. The molecule has 1 aromatic rings. The van der Waals surface area contributed by atoms with E-state index in [0.717, 1.165) is 25.7 Å². The maximum absolute atomic E-state index is 12.3. The van der Waals surface area contributed by atoms with Gasteiger partial charge in [-0.25, -0.2) is 4.68 Å². The van der Waals surface area contributed by atoms with E-state index in [0.29, 0.717) is 12.1 Å². The standard InChI is InChI=1S/C11H17N5O/c17-11(7-15-8-12-13-14-15)16(9-3-1-4-9)10-5-2-6-10/h8-10H,1-7H2. The van der Waals surface area contributed by atoms with Crippen LogP contribution in [0.25, 0.3) is 0 Å². The van der Waals surface area contributed by atoms with Gasteiger partial charge in [-0.05, 0) is 49.0 Å². The summed E-state index contributed by atoms with van der Waals surface area (Å²) in [6.07, 6.45) is 8.67. The molecule has 2 aliphatic rings. The lowest BCUT2D eigenvalue weighted by Gasteiger charge is -2.46. The number of rotatable bonds is 4. The molecule has 0 bridgehead atoms. The summed E-state index contributed by atoms with van der Waals surface area (Å²) in [5, 5.41) is 10.9. The Morgan fingerprint density at radius 3 is 2.29 bits per heavy atom. The maximum Gasteiger partial charge on any atom is 0.244 e. The number of carbonyl (C=O) groups excluding carboxylic acids is 1. The first-order valence-corrected chi connectivity index (χ1v) is 6.36. The number of aromatic nitrogens is 4. The van der Waals surface area contributed by atoms with Crippen molar-refractivity contribution in [2.75, 3.05) is 0 Å². The van der Waals surface area contributed by atoms with Crippen LogP contribution in [0.4, 0.5) is 0 Å². The predicted molar refractivity (Wildman–Crippen MR) is 59.9 cm³/mol. The molecular weight excluding hydrogens is 218 g/mol. The van der Waals surface area contributed by atoms with Crippen molar-refractivity contribution < 1.29 is 4.79 Å². The minimum absolute atomic E-state index is 0.173. The van der Waals surface area contributed by atoms with Gasteiger partial charge in [0.2, 0.25) is 5.91 Å². The van der Waals surface area contributed by atoms with Gasteiger partial charge < -0.3 is 4.90 Å². The van der Waals surface area contributed by atoms with Gasteiger partial charge in [0.05, 0.1) is 0 Å². The lowest BCUT2D eigenvalue weighted by atomic mass is 9.84. The predicted octanol–water partition coefficient (Wildman–Crippen LogP) is 0.607. The van der Waals surface area contributed by atoms with Crippen molar-refractivity contribution in [3.05, 3.63) is 6.33 Å². The van der Waals surface area contributed by atoms with Gasteiger partial charge in [-0.1, -0.05) is 0 Å². The lowest BCUT2D eigenvalue weighted by molar-refractivity contribution is -0.141. The number of nitrogens with zero attached hydrogens (tertiary/aromatic N) is 5. The van der Waals surface area contributed by atoms with Crippen LogP contribution in [0.5, 0.6) is 0 Å². The molecule has 0 spiro atoms. The first-order valence-electron chi connectivity index (χ1n) is 6.36. The van der Waals surface area contributed by atoms with E-state index in [2.05, 4.69) is 20.4 Å². The molecule has 1 heterocycles. The van der Waals surface area contributed by atoms with E-state index in [1.165, 1.54) is 23.9 Å². The summed E-state index contributed by atoms with van der Waals surface area (Å²) in [6.45, 7) is 0.278. The van der Waals surface area contributed by atoms with Gasteiger partial charge in [0.15, 0.2) is 0 Å². The zero-order valence-electron chi connectivity index (χ0n) is 9.83. The second kappa shape index (κ2) is 4.43. The van der Waals surface area contributed by atoms with Gasteiger partial charge in [-0.2, -0.15) is 0 Å². The molecule has 0 atom stereocenters. The van der Waals surface area contributed by atoms with Crippen LogP contribution in [-0.4, -0.2) is 43.1 Å². The van der Waals surface area contributed by atoms with Crippen LogP contribution in [-0.2, 0) is 11.3 Å². The minimum Gasteiger partial charge on any atom is -0.335 e. The van der Waals surface area contributed by atoms with Crippen LogP contribution in [0.3, 0.4) is 0 Å². The van der Waals surface area contributed by atoms with Crippen LogP contribution in [0.15, 0.2) is 6.33 Å².